The van der Waals surface area contributed by atoms with Crippen molar-refractivity contribution in [3.05, 3.63) is 64.7 Å². The second kappa shape index (κ2) is 9.38. The molecule has 1 unspecified atom stereocenters. The molecule has 1 saturated heterocycles. The van der Waals surface area contributed by atoms with Gasteiger partial charge in [-0.1, -0.05) is 30.0 Å². The summed E-state index contributed by atoms with van der Waals surface area (Å²) >= 11 is 0. The van der Waals surface area contributed by atoms with Crippen LogP contribution in [0.5, 0.6) is 5.75 Å². The first kappa shape index (κ1) is 24.8. The van der Waals surface area contributed by atoms with Crippen molar-refractivity contribution in [2.24, 2.45) is 5.73 Å². The summed E-state index contributed by atoms with van der Waals surface area (Å²) in [5.74, 6) is 6.08. The molecule has 36 heavy (non-hydrogen) atoms. The Morgan fingerprint density at radius 3 is 2.39 bits per heavy atom. The van der Waals surface area contributed by atoms with E-state index in [9.17, 15) is 19.2 Å². The highest BCUT2D eigenvalue weighted by Crippen LogP contribution is 2.47. The van der Waals surface area contributed by atoms with E-state index in [1.165, 1.54) is 0 Å². The number of amides is 5. The van der Waals surface area contributed by atoms with Crippen molar-refractivity contribution in [1.29, 1.82) is 0 Å². The molecule has 0 spiro atoms. The lowest BCUT2D eigenvalue weighted by Crippen LogP contribution is -2.58. The highest BCUT2D eigenvalue weighted by molar-refractivity contribution is 5.99. The topological polar surface area (TPSA) is 131 Å². The van der Waals surface area contributed by atoms with Gasteiger partial charge in [0.1, 0.15) is 11.3 Å². The standard InChI is InChI=1S/C17H17N3O3.C10H11NO2/c1-16(10-13(21)19-15(23)20-16)7-6-11-2-4-12(5-3-11)17(8-9-17)14(18)22;1-11-6-7-3-4-8(13-2)5-9(7)10(11)12/h2-5H,8-10H2,1H3,(H2,18,22)(H2,19,20,21,23);3-5H,6H2,1-2H3. The van der Waals surface area contributed by atoms with Crippen LogP contribution >= 0.6 is 0 Å². The van der Waals surface area contributed by atoms with Gasteiger partial charge >= 0.3 is 6.03 Å². The smallest absolute Gasteiger partial charge is 0.322 e. The minimum absolute atomic E-state index is 0.0777. The van der Waals surface area contributed by atoms with E-state index in [2.05, 4.69) is 22.5 Å². The van der Waals surface area contributed by atoms with Crippen molar-refractivity contribution in [3.8, 4) is 17.6 Å². The normalized spacial score (nSPS) is 21.1. The Morgan fingerprint density at radius 1 is 1.11 bits per heavy atom. The molecule has 186 valence electrons. The first-order chi connectivity index (χ1) is 17.0. The minimum atomic E-state index is -0.886. The van der Waals surface area contributed by atoms with Gasteiger partial charge in [-0.25, -0.2) is 4.79 Å². The van der Waals surface area contributed by atoms with Crippen LogP contribution in [0.3, 0.4) is 0 Å². The number of primary amides is 1. The molecule has 3 aliphatic rings. The number of carbonyl (C=O) groups excluding carboxylic acids is 4. The zero-order chi connectivity index (χ0) is 26.1. The molecule has 9 nitrogen and oxygen atoms in total. The number of benzene rings is 2. The number of nitrogens with one attached hydrogen (secondary N) is 2. The molecular formula is C27H28N4O5. The zero-order valence-electron chi connectivity index (χ0n) is 20.4. The van der Waals surface area contributed by atoms with Crippen LogP contribution in [0.1, 0.15) is 53.2 Å². The van der Waals surface area contributed by atoms with Gasteiger partial charge in [-0.3, -0.25) is 19.7 Å². The van der Waals surface area contributed by atoms with Gasteiger partial charge in [-0.05, 0) is 55.2 Å². The number of urea groups is 1. The van der Waals surface area contributed by atoms with E-state index in [1.54, 1.807) is 32.0 Å². The monoisotopic (exact) mass is 488 g/mol. The van der Waals surface area contributed by atoms with Crippen LogP contribution < -0.4 is 21.1 Å². The Hall–Kier alpha value is -4.32. The third-order valence-corrected chi connectivity index (χ3v) is 6.60. The number of hydrogen-bond donors (Lipinski definition) is 3. The van der Waals surface area contributed by atoms with Crippen molar-refractivity contribution in [1.82, 2.24) is 15.5 Å². The maximum atomic E-state index is 11.5. The van der Waals surface area contributed by atoms with Crippen LogP contribution in [-0.2, 0) is 21.5 Å². The number of nitrogens with two attached hydrogens (primary N) is 1. The van der Waals surface area contributed by atoms with Crippen LogP contribution in [-0.4, -0.2) is 48.3 Å². The van der Waals surface area contributed by atoms with E-state index in [1.807, 2.05) is 36.4 Å². The van der Waals surface area contributed by atoms with Crippen LogP contribution in [0.15, 0.2) is 42.5 Å². The van der Waals surface area contributed by atoms with Crippen molar-refractivity contribution in [2.45, 2.75) is 43.7 Å². The number of methoxy groups -OCH3 is 1. The molecule has 1 aliphatic carbocycles. The van der Waals surface area contributed by atoms with Gasteiger partial charge in [-0.15, -0.1) is 0 Å². The Kier molecular flexibility index (Phi) is 6.46. The molecule has 1 atom stereocenters. The fourth-order valence-corrected chi connectivity index (χ4v) is 4.33. The summed E-state index contributed by atoms with van der Waals surface area (Å²) in [4.78, 5) is 47.6. The molecule has 0 aromatic heterocycles. The van der Waals surface area contributed by atoms with Gasteiger partial charge < -0.3 is 20.7 Å². The lowest BCUT2D eigenvalue weighted by Gasteiger charge is -2.28. The molecule has 9 heteroatoms. The summed E-state index contributed by atoms with van der Waals surface area (Å²) in [6, 6.07) is 12.4. The second-order valence-corrected chi connectivity index (χ2v) is 9.47. The third kappa shape index (κ3) is 5.03. The fraction of sp³-hybridized carbons (Fsp3) is 0.333. The van der Waals surface area contributed by atoms with Crippen LogP contribution in [0, 0.1) is 11.8 Å². The fourth-order valence-electron chi connectivity index (χ4n) is 4.33. The van der Waals surface area contributed by atoms with Gasteiger partial charge in [0.15, 0.2) is 0 Å². The first-order valence-corrected chi connectivity index (χ1v) is 11.5. The van der Waals surface area contributed by atoms with Gasteiger partial charge in [-0.2, -0.15) is 0 Å². The predicted molar refractivity (Wildman–Crippen MR) is 132 cm³/mol. The minimum Gasteiger partial charge on any atom is -0.497 e. The Bertz CT molecular complexity index is 1290. The van der Waals surface area contributed by atoms with Crippen molar-refractivity contribution in [2.75, 3.05) is 14.2 Å². The molecule has 2 aromatic carbocycles. The summed E-state index contributed by atoms with van der Waals surface area (Å²) in [5, 5.41) is 4.82. The lowest BCUT2D eigenvalue weighted by atomic mass is 9.93. The molecule has 2 aliphatic heterocycles. The van der Waals surface area contributed by atoms with Gasteiger partial charge in [0.25, 0.3) is 5.91 Å². The summed E-state index contributed by atoms with van der Waals surface area (Å²) in [6.07, 6.45) is 1.67. The van der Waals surface area contributed by atoms with E-state index in [0.29, 0.717) is 6.54 Å². The SMILES string of the molecule is CC1(C#Cc2ccc(C3(C(N)=O)CC3)cc2)CC(=O)NC(=O)N1.COc1ccc2c(c1)C(=O)N(C)C2. The number of rotatable bonds is 3. The lowest BCUT2D eigenvalue weighted by molar-refractivity contribution is -0.122. The maximum Gasteiger partial charge on any atom is 0.322 e. The quantitative estimate of drug-likeness (QED) is 0.568. The largest absolute Gasteiger partial charge is 0.497 e. The number of carbonyl (C=O) groups is 4. The van der Waals surface area contributed by atoms with E-state index in [-0.39, 0.29) is 24.1 Å². The Morgan fingerprint density at radius 2 is 1.81 bits per heavy atom. The third-order valence-electron chi connectivity index (χ3n) is 6.60. The number of ether oxygens (including phenoxy) is 1. The van der Waals surface area contributed by atoms with Crippen molar-refractivity contribution >= 4 is 23.8 Å². The summed E-state index contributed by atoms with van der Waals surface area (Å²) in [5.41, 5.74) is 7.56. The van der Waals surface area contributed by atoms with Crippen molar-refractivity contribution in [3.63, 3.8) is 0 Å². The highest BCUT2D eigenvalue weighted by Gasteiger charge is 2.49. The number of imide groups is 1. The van der Waals surface area contributed by atoms with Crippen LogP contribution in [0.4, 0.5) is 4.79 Å². The van der Waals surface area contributed by atoms with E-state index in [4.69, 9.17) is 10.5 Å². The summed E-state index contributed by atoms with van der Waals surface area (Å²) < 4.78 is 5.05. The van der Waals surface area contributed by atoms with Gasteiger partial charge in [0, 0.05) is 24.7 Å². The van der Waals surface area contributed by atoms with Crippen LogP contribution in [0.25, 0.3) is 0 Å². The van der Waals surface area contributed by atoms with Crippen molar-refractivity contribution < 1.29 is 23.9 Å². The van der Waals surface area contributed by atoms with Crippen LogP contribution in [0.2, 0.25) is 0 Å². The van der Waals surface area contributed by atoms with E-state index in [0.717, 1.165) is 40.8 Å². The van der Waals surface area contributed by atoms with E-state index < -0.39 is 17.0 Å². The van der Waals surface area contributed by atoms with Gasteiger partial charge in [0.05, 0.1) is 18.9 Å². The zero-order valence-corrected chi connectivity index (χ0v) is 20.4. The van der Waals surface area contributed by atoms with E-state index >= 15 is 0 Å². The Balaban J connectivity index is 0.000000197. The molecule has 2 aromatic rings. The number of fused-ring (bicyclic) bond motifs is 1. The molecule has 4 N–H and O–H groups in total. The van der Waals surface area contributed by atoms with Gasteiger partial charge in [0.2, 0.25) is 11.8 Å². The molecular weight excluding hydrogens is 460 g/mol. The summed E-state index contributed by atoms with van der Waals surface area (Å²) in [7, 11) is 3.40. The number of hydrogen-bond acceptors (Lipinski definition) is 5. The molecule has 2 fully saturated rings. The highest BCUT2D eigenvalue weighted by atomic mass is 16.5. The Labute approximate surface area is 209 Å². The average Bonchev–Trinajstić information content (AvgIpc) is 3.60. The maximum absolute atomic E-state index is 11.5. The summed E-state index contributed by atoms with van der Waals surface area (Å²) in [6.45, 7) is 2.41. The first-order valence-electron chi connectivity index (χ1n) is 11.5. The molecule has 1 saturated carbocycles. The average molecular weight is 489 g/mol. The molecule has 0 radical (unpaired) electrons. The molecule has 2 heterocycles. The molecule has 5 rings (SSSR count). The molecule has 5 amide bonds. The predicted octanol–water partition coefficient (Wildman–Crippen LogP) is 1.82. The number of nitrogens with zero attached hydrogens (tertiary/aromatic N) is 1. The molecule has 0 bridgehead atoms. The second-order valence-electron chi connectivity index (χ2n) is 9.47.